The molecule has 3 heteroatoms. The molecule has 1 atom stereocenters. The monoisotopic (exact) mass is 516 g/mol. The van der Waals surface area contributed by atoms with Gasteiger partial charge in [0.25, 0.3) is 0 Å². The van der Waals surface area contributed by atoms with Crippen LogP contribution in [0.4, 0.5) is 0 Å². The Kier molecular flexibility index (Phi) is 9.53. The first-order chi connectivity index (χ1) is 16.8. The minimum atomic E-state index is -1.86. The van der Waals surface area contributed by atoms with Gasteiger partial charge in [-0.05, 0) is 80.2 Å². The standard InChI is InChI=1S/C33H38OP.ClH/c1-26(20-21-32-27(2)24-28(34)25-33(32,3)4)22-23-35(29-14-8-5-9-15-29,30-16-10-6-11-17-30)31-18-12-7-13-19-31;/h5-22,28,34H,23-25H2,1-4H3;1H/q+1;/p-1/b21-20+,26-22+;/t28-;/m1./s1. The molecule has 0 bridgehead atoms. The van der Waals surface area contributed by atoms with E-state index in [1.165, 1.54) is 32.6 Å². The molecule has 188 valence electrons. The van der Waals surface area contributed by atoms with Crippen LogP contribution in [0.3, 0.4) is 0 Å². The van der Waals surface area contributed by atoms with Gasteiger partial charge in [-0.25, -0.2) is 0 Å². The van der Waals surface area contributed by atoms with Gasteiger partial charge in [0.1, 0.15) is 23.2 Å². The van der Waals surface area contributed by atoms with Gasteiger partial charge < -0.3 is 17.5 Å². The Morgan fingerprint density at radius 2 is 1.31 bits per heavy atom. The lowest BCUT2D eigenvalue weighted by Crippen LogP contribution is -3.00. The number of hydrogen-bond donors (Lipinski definition) is 1. The van der Waals surface area contributed by atoms with E-state index in [1.807, 2.05) is 0 Å². The van der Waals surface area contributed by atoms with Crippen LogP contribution in [-0.4, -0.2) is 17.4 Å². The van der Waals surface area contributed by atoms with Crippen LogP contribution in [0.5, 0.6) is 0 Å². The van der Waals surface area contributed by atoms with Crippen molar-refractivity contribution in [2.75, 3.05) is 6.16 Å². The summed E-state index contributed by atoms with van der Waals surface area (Å²) in [6, 6.07) is 33.1. The summed E-state index contributed by atoms with van der Waals surface area (Å²) in [4.78, 5) is 0. The summed E-state index contributed by atoms with van der Waals surface area (Å²) in [5.74, 6) is 0. The van der Waals surface area contributed by atoms with Crippen molar-refractivity contribution in [3.05, 3.63) is 126 Å². The second kappa shape index (κ2) is 12.2. The Bertz CT molecular complexity index is 1110. The van der Waals surface area contributed by atoms with Gasteiger partial charge in [-0.2, -0.15) is 0 Å². The molecule has 1 N–H and O–H groups in total. The first-order valence-corrected chi connectivity index (χ1v) is 14.6. The van der Waals surface area contributed by atoms with E-state index in [9.17, 15) is 5.11 Å². The molecule has 0 spiro atoms. The fraction of sp³-hybridized carbons (Fsp3) is 0.273. The number of rotatable bonds is 7. The molecular formula is C33H38ClOP. The number of aliphatic hydroxyl groups is 1. The highest BCUT2D eigenvalue weighted by Crippen LogP contribution is 2.55. The zero-order valence-electron chi connectivity index (χ0n) is 21.9. The fourth-order valence-electron chi connectivity index (χ4n) is 5.55. The van der Waals surface area contributed by atoms with E-state index in [0.717, 1.165) is 19.0 Å². The first-order valence-electron chi connectivity index (χ1n) is 12.6. The third kappa shape index (κ3) is 6.09. The third-order valence-corrected chi connectivity index (χ3v) is 11.5. The van der Waals surface area contributed by atoms with E-state index in [4.69, 9.17) is 0 Å². The molecule has 0 saturated heterocycles. The maximum atomic E-state index is 10.2. The largest absolute Gasteiger partial charge is 1.00 e. The van der Waals surface area contributed by atoms with Crippen LogP contribution in [0.25, 0.3) is 0 Å². The predicted molar refractivity (Wildman–Crippen MR) is 155 cm³/mol. The summed E-state index contributed by atoms with van der Waals surface area (Å²) < 4.78 is 0. The zero-order valence-corrected chi connectivity index (χ0v) is 23.5. The Labute approximate surface area is 224 Å². The molecule has 4 rings (SSSR count). The molecule has 0 heterocycles. The summed E-state index contributed by atoms with van der Waals surface area (Å²) >= 11 is 0. The number of hydrogen-bond acceptors (Lipinski definition) is 1. The molecule has 0 saturated carbocycles. The van der Waals surface area contributed by atoms with Crippen molar-refractivity contribution >= 4 is 23.2 Å². The van der Waals surface area contributed by atoms with Crippen molar-refractivity contribution in [3.63, 3.8) is 0 Å². The maximum absolute atomic E-state index is 10.2. The van der Waals surface area contributed by atoms with Gasteiger partial charge in [-0.1, -0.05) is 91.7 Å². The summed E-state index contributed by atoms with van der Waals surface area (Å²) in [7, 11) is -1.86. The molecule has 0 amide bonds. The van der Waals surface area contributed by atoms with Crippen molar-refractivity contribution in [2.24, 2.45) is 5.41 Å². The van der Waals surface area contributed by atoms with E-state index < -0.39 is 7.26 Å². The first kappa shape index (κ1) is 28.1. The molecule has 0 aromatic heterocycles. The van der Waals surface area contributed by atoms with Crippen LogP contribution in [0, 0.1) is 5.41 Å². The number of halogens is 1. The van der Waals surface area contributed by atoms with Gasteiger partial charge in [0.05, 0.1) is 12.3 Å². The van der Waals surface area contributed by atoms with Crippen molar-refractivity contribution in [2.45, 2.75) is 46.6 Å². The van der Waals surface area contributed by atoms with Crippen molar-refractivity contribution < 1.29 is 17.5 Å². The van der Waals surface area contributed by atoms with Gasteiger partial charge in [-0.3, -0.25) is 0 Å². The van der Waals surface area contributed by atoms with Gasteiger partial charge in [-0.15, -0.1) is 0 Å². The summed E-state index contributed by atoms with van der Waals surface area (Å²) in [6.07, 6.45) is 9.33. The molecule has 0 aliphatic heterocycles. The Hall–Kier alpha value is -2.44. The zero-order chi connectivity index (χ0) is 24.9. The molecule has 0 radical (unpaired) electrons. The predicted octanol–water partition coefficient (Wildman–Crippen LogP) is 3.98. The molecule has 36 heavy (non-hydrogen) atoms. The Balaban J connectivity index is 0.00000361. The van der Waals surface area contributed by atoms with Gasteiger partial charge in [0.15, 0.2) is 0 Å². The highest BCUT2D eigenvalue weighted by molar-refractivity contribution is 7.95. The van der Waals surface area contributed by atoms with Crippen molar-refractivity contribution in [1.29, 1.82) is 0 Å². The smallest absolute Gasteiger partial charge is 0.115 e. The van der Waals surface area contributed by atoms with E-state index in [0.29, 0.717) is 0 Å². The lowest BCUT2D eigenvalue weighted by atomic mass is 9.71. The SMILES string of the molecule is CC1=C(/C=C/C(C)=C/C[P+](c2ccccc2)(c2ccccc2)c2ccccc2)C(C)(C)C[C@H](O)C1.[Cl-]. The van der Waals surface area contributed by atoms with Crippen LogP contribution >= 0.6 is 7.26 Å². The van der Waals surface area contributed by atoms with Gasteiger partial charge in [0.2, 0.25) is 0 Å². The van der Waals surface area contributed by atoms with Crippen molar-refractivity contribution in [3.8, 4) is 0 Å². The molecule has 3 aromatic rings. The Morgan fingerprint density at radius 1 is 0.861 bits per heavy atom. The van der Waals surface area contributed by atoms with Crippen LogP contribution in [0.15, 0.2) is 126 Å². The van der Waals surface area contributed by atoms with E-state index in [-0.39, 0.29) is 23.9 Å². The second-order valence-corrected chi connectivity index (χ2v) is 14.0. The number of benzene rings is 3. The molecular weight excluding hydrogens is 479 g/mol. The minimum Gasteiger partial charge on any atom is -1.00 e. The highest BCUT2D eigenvalue weighted by Gasteiger charge is 2.44. The van der Waals surface area contributed by atoms with E-state index in [1.54, 1.807) is 0 Å². The quantitative estimate of drug-likeness (QED) is 0.372. The molecule has 0 fully saturated rings. The average molecular weight is 517 g/mol. The minimum absolute atomic E-state index is 0. The molecule has 1 aliphatic carbocycles. The summed E-state index contributed by atoms with van der Waals surface area (Å²) in [5, 5.41) is 14.5. The van der Waals surface area contributed by atoms with Crippen molar-refractivity contribution in [1.82, 2.24) is 0 Å². The van der Waals surface area contributed by atoms with Gasteiger partial charge in [0, 0.05) is 0 Å². The summed E-state index contributed by atoms with van der Waals surface area (Å²) in [6.45, 7) is 8.87. The van der Waals surface area contributed by atoms with Crippen LogP contribution in [-0.2, 0) is 0 Å². The maximum Gasteiger partial charge on any atom is 0.115 e. The molecule has 1 nitrogen and oxygen atoms in total. The molecule has 1 aliphatic rings. The summed E-state index contributed by atoms with van der Waals surface area (Å²) in [5.41, 5.74) is 3.94. The van der Waals surface area contributed by atoms with Gasteiger partial charge >= 0.3 is 0 Å². The lowest BCUT2D eigenvalue weighted by molar-refractivity contribution is -0.0000117. The lowest BCUT2D eigenvalue weighted by Gasteiger charge is -2.35. The third-order valence-electron chi connectivity index (χ3n) is 7.27. The average Bonchev–Trinajstić information content (AvgIpc) is 2.85. The highest BCUT2D eigenvalue weighted by atomic mass is 35.5. The van der Waals surface area contributed by atoms with Crippen LogP contribution < -0.4 is 28.3 Å². The number of allylic oxidation sites excluding steroid dienone is 5. The van der Waals surface area contributed by atoms with Crippen LogP contribution in [0.1, 0.15) is 40.5 Å². The fourth-order valence-corrected chi connectivity index (χ4v) is 9.69. The number of aliphatic hydroxyl groups excluding tert-OH is 1. The molecule has 0 unspecified atom stereocenters. The van der Waals surface area contributed by atoms with E-state index >= 15 is 0 Å². The molecule has 3 aromatic carbocycles. The second-order valence-electron chi connectivity index (χ2n) is 10.4. The normalized spacial score (nSPS) is 18.2. The van der Waals surface area contributed by atoms with Crippen LogP contribution in [0.2, 0.25) is 0 Å². The topological polar surface area (TPSA) is 20.2 Å². The Morgan fingerprint density at radius 3 is 1.72 bits per heavy atom. The van der Waals surface area contributed by atoms with E-state index in [2.05, 4.69) is 137 Å².